The molecule has 2 rings (SSSR count). The van der Waals surface area contributed by atoms with Crippen LogP contribution < -0.4 is 10.2 Å². The van der Waals surface area contributed by atoms with Crippen LogP contribution >= 0.6 is 0 Å². The van der Waals surface area contributed by atoms with E-state index in [4.69, 9.17) is 0 Å². The van der Waals surface area contributed by atoms with E-state index < -0.39 is 12.1 Å². The molecule has 106 valence electrons. The van der Waals surface area contributed by atoms with Gasteiger partial charge >= 0.3 is 6.18 Å². The van der Waals surface area contributed by atoms with Gasteiger partial charge in [-0.05, 0) is 37.1 Å². The first-order valence-electron chi connectivity index (χ1n) is 6.47. The molecule has 1 aromatic rings. The molecule has 1 N–H and O–H groups in total. The summed E-state index contributed by atoms with van der Waals surface area (Å²) in [5, 5.41) is 2.87. The second-order valence-electron chi connectivity index (χ2n) is 5.16. The Labute approximate surface area is 111 Å². The molecule has 1 saturated heterocycles. The van der Waals surface area contributed by atoms with Gasteiger partial charge in [0.15, 0.2) is 0 Å². The predicted octanol–water partition coefficient (Wildman–Crippen LogP) is 2.89. The zero-order chi connectivity index (χ0) is 14.0. The highest BCUT2D eigenvalue weighted by Gasteiger charge is 2.41. The Morgan fingerprint density at radius 1 is 1.21 bits per heavy atom. The average molecular weight is 272 g/mol. The van der Waals surface area contributed by atoms with Gasteiger partial charge in [0.05, 0.1) is 5.92 Å². The van der Waals surface area contributed by atoms with Crippen molar-refractivity contribution in [3.63, 3.8) is 0 Å². The quantitative estimate of drug-likeness (QED) is 0.845. The SMILES string of the molecule is Cc1ccc(N2CCNCC(C(F)(F)F)C2)cc1C. The molecule has 2 nitrogen and oxygen atoms in total. The summed E-state index contributed by atoms with van der Waals surface area (Å²) in [4.78, 5) is 1.82. The second-order valence-corrected chi connectivity index (χ2v) is 5.16. The Morgan fingerprint density at radius 2 is 1.95 bits per heavy atom. The highest BCUT2D eigenvalue weighted by Crippen LogP contribution is 2.29. The van der Waals surface area contributed by atoms with Crippen LogP contribution in [0.2, 0.25) is 0 Å². The molecule has 1 aromatic carbocycles. The summed E-state index contributed by atoms with van der Waals surface area (Å²) in [7, 11) is 0. The van der Waals surface area contributed by atoms with E-state index in [1.807, 2.05) is 36.9 Å². The predicted molar refractivity (Wildman–Crippen MR) is 70.5 cm³/mol. The summed E-state index contributed by atoms with van der Waals surface area (Å²) in [5.74, 6) is -1.31. The molecule has 0 aromatic heterocycles. The molecule has 1 aliphatic rings. The summed E-state index contributed by atoms with van der Waals surface area (Å²) < 4.78 is 38.7. The van der Waals surface area contributed by atoms with Gasteiger partial charge in [-0.1, -0.05) is 6.07 Å². The molecule has 1 aliphatic heterocycles. The number of rotatable bonds is 1. The second kappa shape index (κ2) is 5.41. The molecule has 19 heavy (non-hydrogen) atoms. The third kappa shape index (κ3) is 3.41. The van der Waals surface area contributed by atoms with Crippen LogP contribution in [0.15, 0.2) is 18.2 Å². The number of benzene rings is 1. The number of hydrogen-bond acceptors (Lipinski definition) is 2. The van der Waals surface area contributed by atoms with E-state index in [0.29, 0.717) is 13.1 Å². The van der Waals surface area contributed by atoms with Crippen molar-refractivity contribution in [2.45, 2.75) is 20.0 Å². The highest BCUT2D eigenvalue weighted by atomic mass is 19.4. The maximum Gasteiger partial charge on any atom is 0.394 e. The zero-order valence-electron chi connectivity index (χ0n) is 11.2. The van der Waals surface area contributed by atoms with Crippen molar-refractivity contribution in [2.24, 2.45) is 5.92 Å². The van der Waals surface area contributed by atoms with Crippen LogP contribution in [0, 0.1) is 19.8 Å². The van der Waals surface area contributed by atoms with Crippen molar-refractivity contribution >= 4 is 5.69 Å². The molecule has 0 radical (unpaired) electrons. The lowest BCUT2D eigenvalue weighted by Gasteiger charge is -2.27. The van der Waals surface area contributed by atoms with E-state index in [0.717, 1.165) is 16.8 Å². The molecule has 0 amide bonds. The van der Waals surface area contributed by atoms with Crippen LogP contribution in [-0.4, -0.2) is 32.4 Å². The fraction of sp³-hybridized carbons (Fsp3) is 0.571. The van der Waals surface area contributed by atoms with Gasteiger partial charge in [0.1, 0.15) is 0 Å². The van der Waals surface area contributed by atoms with Crippen molar-refractivity contribution in [1.82, 2.24) is 5.32 Å². The third-order valence-electron chi connectivity index (χ3n) is 3.71. The minimum Gasteiger partial charge on any atom is -0.370 e. The van der Waals surface area contributed by atoms with E-state index in [1.54, 1.807) is 0 Å². The van der Waals surface area contributed by atoms with Crippen LogP contribution in [-0.2, 0) is 0 Å². The average Bonchev–Trinajstić information content (AvgIpc) is 2.58. The van der Waals surface area contributed by atoms with Gasteiger partial charge in [-0.15, -0.1) is 0 Å². The van der Waals surface area contributed by atoms with E-state index in [-0.39, 0.29) is 13.1 Å². The van der Waals surface area contributed by atoms with Crippen LogP contribution in [0.4, 0.5) is 18.9 Å². The molecule has 0 saturated carbocycles. The van der Waals surface area contributed by atoms with Crippen molar-refractivity contribution in [3.05, 3.63) is 29.3 Å². The minimum absolute atomic E-state index is 0.00481. The number of halogens is 3. The first-order valence-corrected chi connectivity index (χ1v) is 6.47. The normalized spacial score (nSPS) is 21.3. The molecule has 1 unspecified atom stereocenters. The van der Waals surface area contributed by atoms with Crippen LogP contribution in [0.1, 0.15) is 11.1 Å². The van der Waals surface area contributed by atoms with Crippen molar-refractivity contribution in [2.75, 3.05) is 31.1 Å². The van der Waals surface area contributed by atoms with Gasteiger partial charge < -0.3 is 10.2 Å². The Kier molecular flexibility index (Phi) is 4.04. The van der Waals surface area contributed by atoms with Gasteiger partial charge in [-0.25, -0.2) is 0 Å². The Bertz CT molecular complexity index is 443. The number of nitrogens with zero attached hydrogens (tertiary/aromatic N) is 1. The molecular formula is C14H19F3N2. The van der Waals surface area contributed by atoms with Gasteiger partial charge in [-0.2, -0.15) is 13.2 Å². The fourth-order valence-electron chi connectivity index (χ4n) is 2.29. The lowest BCUT2D eigenvalue weighted by molar-refractivity contribution is -0.169. The number of alkyl halides is 3. The molecule has 1 atom stereocenters. The lowest BCUT2D eigenvalue weighted by atomic mass is 10.1. The summed E-state index contributed by atoms with van der Waals surface area (Å²) in [6, 6.07) is 5.83. The highest BCUT2D eigenvalue weighted by molar-refractivity contribution is 5.50. The van der Waals surface area contributed by atoms with E-state index in [2.05, 4.69) is 5.32 Å². The zero-order valence-corrected chi connectivity index (χ0v) is 11.2. The van der Waals surface area contributed by atoms with Crippen LogP contribution in [0.5, 0.6) is 0 Å². The first-order chi connectivity index (χ1) is 8.88. The standard InChI is InChI=1S/C14H19F3N2/c1-10-3-4-13(7-11(10)2)19-6-5-18-8-12(9-19)14(15,16)17/h3-4,7,12,18H,5-6,8-9H2,1-2H3. The number of nitrogens with one attached hydrogen (secondary N) is 1. The largest absolute Gasteiger partial charge is 0.394 e. The fourth-order valence-corrected chi connectivity index (χ4v) is 2.29. The van der Waals surface area contributed by atoms with Gasteiger partial charge in [-0.3, -0.25) is 0 Å². The molecule has 0 aliphatic carbocycles. The van der Waals surface area contributed by atoms with E-state index in [9.17, 15) is 13.2 Å². The summed E-state index contributed by atoms with van der Waals surface area (Å²) in [6.07, 6.45) is -4.14. The van der Waals surface area contributed by atoms with Crippen molar-refractivity contribution in [1.29, 1.82) is 0 Å². The Balaban J connectivity index is 2.20. The third-order valence-corrected chi connectivity index (χ3v) is 3.71. The summed E-state index contributed by atoms with van der Waals surface area (Å²) >= 11 is 0. The summed E-state index contributed by atoms with van der Waals surface area (Å²) in [5.41, 5.74) is 3.14. The van der Waals surface area contributed by atoms with Gasteiger partial charge in [0.2, 0.25) is 0 Å². The van der Waals surface area contributed by atoms with Crippen LogP contribution in [0.25, 0.3) is 0 Å². The van der Waals surface area contributed by atoms with E-state index in [1.165, 1.54) is 0 Å². The molecule has 1 fully saturated rings. The topological polar surface area (TPSA) is 15.3 Å². The maximum absolute atomic E-state index is 12.9. The van der Waals surface area contributed by atoms with Gasteiger partial charge in [0.25, 0.3) is 0 Å². The first kappa shape index (κ1) is 14.2. The number of aryl methyl sites for hydroxylation is 2. The van der Waals surface area contributed by atoms with Crippen molar-refractivity contribution in [3.8, 4) is 0 Å². The number of anilines is 1. The maximum atomic E-state index is 12.9. The molecule has 5 heteroatoms. The molecular weight excluding hydrogens is 253 g/mol. The Hall–Kier alpha value is -1.23. The van der Waals surface area contributed by atoms with Gasteiger partial charge in [0, 0.05) is 31.9 Å². The Morgan fingerprint density at radius 3 is 2.58 bits per heavy atom. The molecule has 0 bridgehead atoms. The van der Waals surface area contributed by atoms with Crippen molar-refractivity contribution < 1.29 is 13.2 Å². The smallest absolute Gasteiger partial charge is 0.370 e. The van der Waals surface area contributed by atoms with E-state index >= 15 is 0 Å². The lowest BCUT2D eigenvalue weighted by Crippen LogP contribution is -2.38. The molecule has 0 spiro atoms. The summed E-state index contributed by atoms with van der Waals surface area (Å²) in [6.45, 7) is 5.20. The van der Waals surface area contributed by atoms with Crippen LogP contribution in [0.3, 0.4) is 0 Å². The number of hydrogen-bond donors (Lipinski definition) is 1. The minimum atomic E-state index is -4.14. The molecule has 1 heterocycles. The monoisotopic (exact) mass is 272 g/mol.